The standard InChI is InChI=1S/C13H20N2O3/c1-3-15(9-6-10-16)13(17)14-11-7-4-5-8-12(11)18-2/h4-5,7-8,16H,3,6,9-10H2,1-2H3,(H,14,17). The summed E-state index contributed by atoms with van der Waals surface area (Å²) in [5.74, 6) is 0.629. The summed E-state index contributed by atoms with van der Waals surface area (Å²) in [4.78, 5) is 13.6. The Kier molecular flexibility index (Phi) is 6.00. The van der Waals surface area contributed by atoms with Gasteiger partial charge in [0.1, 0.15) is 5.75 Å². The molecule has 0 aliphatic carbocycles. The molecule has 5 heteroatoms. The third kappa shape index (κ3) is 3.92. The predicted molar refractivity (Wildman–Crippen MR) is 71.0 cm³/mol. The average molecular weight is 252 g/mol. The summed E-state index contributed by atoms with van der Waals surface area (Å²) in [5, 5.41) is 11.6. The van der Waals surface area contributed by atoms with Crippen molar-refractivity contribution in [2.45, 2.75) is 13.3 Å². The van der Waals surface area contributed by atoms with Crippen LogP contribution in [0.4, 0.5) is 10.5 Å². The highest BCUT2D eigenvalue weighted by atomic mass is 16.5. The van der Waals surface area contributed by atoms with E-state index in [1.807, 2.05) is 19.1 Å². The molecule has 0 atom stereocenters. The lowest BCUT2D eigenvalue weighted by Crippen LogP contribution is -2.35. The third-order valence-electron chi connectivity index (χ3n) is 2.60. The summed E-state index contributed by atoms with van der Waals surface area (Å²) in [6.45, 7) is 3.12. The molecule has 0 aromatic heterocycles. The molecule has 1 aromatic rings. The van der Waals surface area contributed by atoms with E-state index < -0.39 is 0 Å². The minimum atomic E-state index is -0.185. The first-order chi connectivity index (χ1) is 8.72. The highest BCUT2D eigenvalue weighted by molar-refractivity contribution is 5.90. The van der Waals surface area contributed by atoms with Crippen LogP contribution in [0.3, 0.4) is 0 Å². The highest BCUT2D eigenvalue weighted by Gasteiger charge is 2.12. The Hall–Kier alpha value is -1.75. The van der Waals surface area contributed by atoms with E-state index in [4.69, 9.17) is 9.84 Å². The number of carbonyl (C=O) groups excluding carboxylic acids is 1. The molecule has 1 rings (SSSR count). The molecule has 0 radical (unpaired) electrons. The minimum Gasteiger partial charge on any atom is -0.495 e. The van der Waals surface area contributed by atoms with Gasteiger partial charge in [-0.05, 0) is 25.5 Å². The lowest BCUT2D eigenvalue weighted by molar-refractivity contribution is 0.205. The van der Waals surface area contributed by atoms with Crippen LogP contribution >= 0.6 is 0 Å². The molecule has 2 amide bonds. The molecule has 0 heterocycles. The van der Waals surface area contributed by atoms with Crippen molar-refractivity contribution in [2.24, 2.45) is 0 Å². The molecule has 0 fully saturated rings. The molecule has 5 nitrogen and oxygen atoms in total. The minimum absolute atomic E-state index is 0.0818. The molecule has 2 N–H and O–H groups in total. The number of aliphatic hydroxyl groups excluding tert-OH is 1. The number of carbonyl (C=O) groups is 1. The molecule has 1 aromatic carbocycles. The topological polar surface area (TPSA) is 61.8 Å². The second-order valence-electron chi connectivity index (χ2n) is 3.79. The number of benzene rings is 1. The van der Waals surface area contributed by atoms with Crippen LogP contribution < -0.4 is 10.1 Å². The molecule has 0 aliphatic rings. The molecule has 100 valence electrons. The number of methoxy groups -OCH3 is 1. The Morgan fingerprint density at radius 1 is 1.44 bits per heavy atom. The van der Waals surface area contributed by atoms with E-state index in [1.165, 1.54) is 0 Å². The van der Waals surface area contributed by atoms with Crippen molar-refractivity contribution in [3.8, 4) is 5.75 Å². The van der Waals surface area contributed by atoms with Crippen molar-refractivity contribution in [1.29, 1.82) is 0 Å². The Bertz CT molecular complexity index is 382. The zero-order chi connectivity index (χ0) is 13.4. The summed E-state index contributed by atoms with van der Waals surface area (Å²) in [5.41, 5.74) is 0.646. The van der Waals surface area contributed by atoms with Crippen molar-refractivity contribution in [1.82, 2.24) is 4.90 Å². The number of anilines is 1. The molecule has 0 bridgehead atoms. The normalized spacial score (nSPS) is 9.94. The highest BCUT2D eigenvalue weighted by Crippen LogP contribution is 2.23. The van der Waals surface area contributed by atoms with Gasteiger partial charge in [-0.3, -0.25) is 0 Å². The van der Waals surface area contributed by atoms with Crippen LogP contribution in [0.15, 0.2) is 24.3 Å². The fourth-order valence-electron chi connectivity index (χ4n) is 1.61. The van der Waals surface area contributed by atoms with Gasteiger partial charge in [0.15, 0.2) is 0 Å². The van der Waals surface area contributed by atoms with E-state index in [-0.39, 0.29) is 12.6 Å². The predicted octanol–water partition coefficient (Wildman–Crippen LogP) is 1.93. The van der Waals surface area contributed by atoms with Gasteiger partial charge in [-0.15, -0.1) is 0 Å². The van der Waals surface area contributed by atoms with Gasteiger partial charge < -0.3 is 20.1 Å². The Balaban J connectivity index is 2.67. The zero-order valence-corrected chi connectivity index (χ0v) is 10.8. The number of rotatable bonds is 6. The first-order valence-corrected chi connectivity index (χ1v) is 6.02. The molecule has 0 saturated heterocycles. The fourth-order valence-corrected chi connectivity index (χ4v) is 1.61. The van der Waals surface area contributed by atoms with E-state index in [1.54, 1.807) is 24.1 Å². The number of nitrogens with zero attached hydrogens (tertiary/aromatic N) is 1. The fraction of sp³-hybridized carbons (Fsp3) is 0.462. The molecule has 0 saturated carbocycles. The van der Waals surface area contributed by atoms with Crippen LogP contribution in [0.1, 0.15) is 13.3 Å². The largest absolute Gasteiger partial charge is 0.495 e. The Labute approximate surface area is 107 Å². The molecular weight excluding hydrogens is 232 g/mol. The second kappa shape index (κ2) is 7.55. The van der Waals surface area contributed by atoms with Gasteiger partial charge in [-0.2, -0.15) is 0 Å². The third-order valence-corrected chi connectivity index (χ3v) is 2.60. The van der Waals surface area contributed by atoms with Crippen LogP contribution in [0.5, 0.6) is 5.75 Å². The SMILES string of the molecule is CCN(CCCO)C(=O)Nc1ccccc1OC. The molecular formula is C13H20N2O3. The summed E-state index contributed by atoms with van der Waals surface area (Å²) >= 11 is 0. The Morgan fingerprint density at radius 2 is 2.17 bits per heavy atom. The molecule has 0 unspecified atom stereocenters. The lowest BCUT2D eigenvalue weighted by Gasteiger charge is -2.21. The molecule has 18 heavy (non-hydrogen) atoms. The van der Waals surface area contributed by atoms with Gasteiger partial charge in [0.2, 0.25) is 0 Å². The van der Waals surface area contributed by atoms with Crippen LogP contribution in [0.2, 0.25) is 0 Å². The Morgan fingerprint density at radius 3 is 2.78 bits per heavy atom. The number of hydrogen-bond donors (Lipinski definition) is 2. The van der Waals surface area contributed by atoms with Crippen molar-refractivity contribution in [2.75, 3.05) is 32.1 Å². The summed E-state index contributed by atoms with van der Waals surface area (Å²) in [6, 6.07) is 7.08. The van der Waals surface area contributed by atoms with E-state index >= 15 is 0 Å². The van der Waals surface area contributed by atoms with Crippen molar-refractivity contribution < 1.29 is 14.6 Å². The number of para-hydroxylation sites is 2. The first-order valence-electron chi connectivity index (χ1n) is 6.02. The average Bonchev–Trinajstić information content (AvgIpc) is 2.40. The van der Waals surface area contributed by atoms with Crippen molar-refractivity contribution in [3.63, 3.8) is 0 Å². The number of ether oxygens (including phenoxy) is 1. The number of nitrogens with one attached hydrogen (secondary N) is 1. The lowest BCUT2D eigenvalue weighted by atomic mass is 10.3. The summed E-state index contributed by atoms with van der Waals surface area (Å²) < 4.78 is 5.17. The van der Waals surface area contributed by atoms with E-state index in [0.717, 1.165) is 0 Å². The van der Waals surface area contributed by atoms with Gasteiger partial charge in [0.25, 0.3) is 0 Å². The molecule has 0 spiro atoms. The van der Waals surface area contributed by atoms with Gasteiger partial charge in [0, 0.05) is 19.7 Å². The van der Waals surface area contributed by atoms with Crippen molar-refractivity contribution in [3.05, 3.63) is 24.3 Å². The summed E-state index contributed by atoms with van der Waals surface area (Å²) in [6.07, 6.45) is 0.577. The zero-order valence-electron chi connectivity index (χ0n) is 10.8. The van der Waals surface area contributed by atoms with Crippen LogP contribution in [-0.4, -0.2) is 42.8 Å². The maximum Gasteiger partial charge on any atom is 0.321 e. The van der Waals surface area contributed by atoms with Gasteiger partial charge >= 0.3 is 6.03 Å². The smallest absolute Gasteiger partial charge is 0.321 e. The van der Waals surface area contributed by atoms with E-state index in [2.05, 4.69) is 5.32 Å². The maximum atomic E-state index is 12.0. The number of amides is 2. The van der Waals surface area contributed by atoms with Crippen LogP contribution in [-0.2, 0) is 0 Å². The monoisotopic (exact) mass is 252 g/mol. The van der Waals surface area contributed by atoms with E-state index in [9.17, 15) is 4.79 Å². The van der Waals surface area contributed by atoms with Crippen molar-refractivity contribution >= 4 is 11.7 Å². The van der Waals surface area contributed by atoms with Gasteiger partial charge in [-0.25, -0.2) is 4.79 Å². The van der Waals surface area contributed by atoms with Crippen LogP contribution in [0.25, 0.3) is 0 Å². The first kappa shape index (κ1) is 14.3. The maximum absolute atomic E-state index is 12.0. The van der Waals surface area contributed by atoms with E-state index in [0.29, 0.717) is 30.9 Å². The van der Waals surface area contributed by atoms with Gasteiger partial charge in [0.05, 0.1) is 12.8 Å². The van der Waals surface area contributed by atoms with Crippen LogP contribution in [0, 0.1) is 0 Å². The number of aliphatic hydroxyl groups is 1. The quantitative estimate of drug-likeness (QED) is 0.813. The molecule has 0 aliphatic heterocycles. The second-order valence-corrected chi connectivity index (χ2v) is 3.79. The van der Waals surface area contributed by atoms with Gasteiger partial charge in [-0.1, -0.05) is 12.1 Å². The number of hydrogen-bond acceptors (Lipinski definition) is 3. The number of urea groups is 1. The summed E-state index contributed by atoms with van der Waals surface area (Å²) in [7, 11) is 1.56.